The third-order valence-corrected chi connectivity index (χ3v) is 3.22. The van der Waals surface area contributed by atoms with E-state index in [-0.39, 0.29) is 11.3 Å². The summed E-state index contributed by atoms with van der Waals surface area (Å²) in [6, 6.07) is 4.65. The van der Waals surface area contributed by atoms with E-state index in [9.17, 15) is 8.78 Å². The molecular weight excluding hydrogens is 264 g/mol. The number of aryl methyl sites for hydroxylation is 2. The molecule has 0 spiro atoms. The van der Waals surface area contributed by atoms with Crippen molar-refractivity contribution in [2.45, 2.75) is 19.8 Å². The summed E-state index contributed by atoms with van der Waals surface area (Å²) in [5, 5.41) is 4.24. The van der Waals surface area contributed by atoms with Gasteiger partial charge in [-0.3, -0.25) is 4.68 Å². The number of rotatable bonds is 3. The van der Waals surface area contributed by atoms with Crippen LogP contribution in [-0.4, -0.2) is 16.9 Å². The van der Waals surface area contributed by atoms with E-state index in [1.165, 1.54) is 17.9 Å². The summed E-state index contributed by atoms with van der Waals surface area (Å²) < 4.78 is 34.1. The number of alkyl halides is 2. The zero-order valence-corrected chi connectivity index (χ0v) is 11.9. The van der Waals surface area contributed by atoms with E-state index < -0.39 is 5.92 Å². The van der Waals surface area contributed by atoms with Crippen LogP contribution in [0.2, 0.25) is 0 Å². The molecule has 6 heteroatoms. The molecule has 0 unspecified atom stereocenters. The van der Waals surface area contributed by atoms with Crippen LogP contribution >= 0.6 is 0 Å². The van der Waals surface area contributed by atoms with E-state index in [0.717, 1.165) is 12.5 Å². The Morgan fingerprint density at radius 2 is 2.00 bits per heavy atom. The van der Waals surface area contributed by atoms with E-state index >= 15 is 0 Å². The number of nitrogens with zero attached hydrogens (tertiary/aromatic N) is 2. The molecule has 2 aromatic rings. The van der Waals surface area contributed by atoms with Gasteiger partial charge in [-0.1, -0.05) is 6.07 Å². The van der Waals surface area contributed by atoms with Crippen molar-refractivity contribution >= 4 is 5.82 Å². The summed E-state index contributed by atoms with van der Waals surface area (Å²) in [5.41, 5.74) is 7.45. The van der Waals surface area contributed by atoms with Crippen LogP contribution in [0.4, 0.5) is 14.6 Å². The van der Waals surface area contributed by atoms with Crippen LogP contribution in [0.1, 0.15) is 18.1 Å². The monoisotopic (exact) mass is 281 g/mol. The van der Waals surface area contributed by atoms with Crippen molar-refractivity contribution in [1.29, 1.82) is 0 Å². The number of halogens is 2. The molecule has 0 radical (unpaired) electrons. The van der Waals surface area contributed by atoms with E-state index in [0.29, 0.717) is 17.1 Å². The number of hydrogen-bond donors (Lipinski definition) is 1. The minimum atomic E-state index is -2.99. The Morgan fingerprint density at radius 1 is 1.35 bits per heavy atom. The lowest BCUT2D eigenvalue weighted by molar-refractivity contribution is 0.0151. The van der Waals surface area contributed by atoms with Crippen LogP contribution in [0.5, 0.6) is 5.75 Å². The molecule has 0 aliphatic heterocycles. The molecule has 0 saturated heterocycles. The normalized spacial score (nSPS) is 11.7. The van der Waals surface area contributed by atoms with Gasteiger partial charge in [0.1, 0.15) is 11.6 Å². The van der Waals surface area contributed by atoms with Crippen molar-refractivity contribution in [2.75, 3.05) is 12.8 Å². The molecule has 1 aromatic heterocycles. The Kier molecular flexibility index (Phi) is 3.41. The molecule has 0 saturated carbocycles. The Morgan fingerprint density at radius 3 is 2.45 bits per heavy atom. The van der Waals surface area contributed by atoms with Crippen molar-refractivity contribution in [1.82, 2.24) is 9.78 Å². The highest BCUT2D eigenvalue weighted by atomic mass is 19.3. The molecule has 1 heterocycles. The molecule has 0 atom stereocenters. The highest BCUT2D eigenvalue weighted by Gasteiger charge is 2.31. The second-order valence-corrected chi connectivity index (χ2v) is 4.80. The van der Waals surface area contributed by atoms with E-state index in [1.54, 1.807) is 19.2 Å². The van der Waals surface area contributed by atoms with Gasteiger partial charge in [0, 0.05) is 25.6 Å². The predicted octanol–water partition coefficient (Wildman–Crippen LogP) is 3.10. The zero-order valence-electron chi connectivity index (χ0n) is 11.9. The van der Waals surface area contributed by atoms with Crippen molar-refractivity contribution in [2.24, 2.45) is 7.05 Å². The van der Waals surface area contributed by atoms with Crippen LogP contribution < -0.4 is 10.5 Å². The summed E-state index contributed by atoms with van der Waals surface area (Å²) in [7, 11) is 3.07. The summed E-state index contributed by atoms with van der Waals surface area (Å²) in [6.07, 6.45) is 0. The average Bonchev–Trinajstić information content (AvgIpc) is 2.67. The van der Waals surface area contributed by atoms with Crippen molar-refractivity contribution < 1.29 is 13.5 Å². The number of hydrogen-bond acceptors (Lipinski definition) is 3. The van der Waals surface area contributed by atoms with Gasteiger partial charge in [0.15, 0.2) is 0 Å². The summed E-state index contributed by atoms with van der Waals surface area (Å²) >= 11 is 0. The van der Waals surface area contributed by atoms with Gasteiger partial charge >= 0.3 is 0 Å². The maximum absolute atomic E-state index is 13.7. The second kappa shape index (κ2) is 4.77. The molecule has 0 aliphatic rings. The SMILES string of the molecule is COc1c(C(C)(F)F)ccc(C)c1-c1cc(N)n(C)n1. The fraction of sp³-hybridized carbons (Fsp3) is 0.357. The predicted molar refractivity (Wildman–Crippen MR) is 73.9 cm³/mol. The number of ether oxygens (including phenoxy) is 1. The molecule has 0 amide bonds. The molecule has 20 heavy (non-hydrogen) atoms. The molecule has 4 nitrogen and oxygen atoms in total. The molecule has 2 N–H and O–H groups in total. The van der Waals surface area contributed by atoms with Gasteiger partial charge in [0.25, 0.3) is 5.92 Å². The van der Waals surface area contributed by atoms with E-state index in [2.05, 4.69) is 5.10 Å². The third kappa shape index (κ3) is 2.33. The molecule has 2 rings (SSSR count). The van der Waals surface area contributed by atoms with Crippen molar-refractivity contribution in [3.05, 3.63) is 29.3 Å². The first kappa shape index (κ1) is 14.3. The first-order valence-electron chi connectivity index (χ1n) is 6.11. The van der Waals surface area contributed by atoms with Gasteiger partial charge in [0.05, 0.1) is 18.4 Å². The number of nitrogens with two attached hydrogens (primary N) is 1. The van der Waals surface area contributed by atoms with Crippen molar-refractivity contribution in [3.8, 4) is 17.0 Å². The number of anilines is 1. The fourth-order valence-corrected chi connectivity index (χ4v) is 2.16. The molecule has 0 bridgehead atoms. The van der Waals surface area contributed by atoms with Crippen LogP contribution in [-0.2, 0) is 13.0 Å². The van der Waals surface area contributed by atoms with Gasteiger partial charge in [-0.15, -0.1) is 0 Å². The lowest BCUT2D eigenvalue weighted by atomic mass is 9.97. The zero-order chi connectivity index (χ0) is 15.1. The molecule has 0 fully saturated rings. The Bertz CT molecular complexity index is 625. The first-order chi connectivity index (χ1) is 9.25. The average molecular weight is 281 g/mol. The molecular formula is C14H17F2N3O. The quantitative estimate of drug-likeness (QED) is 0.940. The summed E-state index contributed by atoms with van der Waals surface area (Å²) in [6.45, 7) is 2.66. The van der Waals surface area contributed by atoms with Gasteiger partial charge < -0.3 is 10.5 Å². The summed E-state index contributed by atoms with van der Waals surface area (Å²) in [5.74, 6) is -2.40. The molecule has 1 aromatic carbocycles. The van der Waals surface area contributed by atoms with Crippen LogP contribution in [0.3, 0.4) is 0 Å². The molecule has 0 aliphatic carbocycles. The van der Waals surface area contributed by atoms with Gasteiger partial charge in [-0.2, -0.15) is 5.10 Å². The highest BCUT2D eigenvalue weighted by Crippen LogP contribution is 2.42. The fourth-order valence-electron chi connectivity index (χ4n) is 2.16. The van der Waals surface area contributed by atoms with E-state index in [4.69, 9.17) is 10.5 Å². The Balaban J connectivity index is 2.74. The van der Waals surface area contributed by atoms with Gasteiger partial charge in [0.2, 0.25) is 0 Å². The number of nitrogen functional groups attached to an aromatic ring is 1. The lowest BCUT2D eigenvalue weighted by Crippen LogP contribution is -2.10. The van der Waals surface area contributed by atoms with Crippen LogP contribution in [0.25, 0.3) is 11.3 Å². The first-order valence-corrected chi connectivity index (χ1v) is 6.11. The second-order valence-electron chi connectivity index (χ2n) is 4.80. The van der Waals surface area contributed by atoms with Gasteiger partial charge in [-0.25, -0.2) is 8.78 Å². The van der Waals surface area contributed by atoms with Gasteiger partial charge in [-0.05, 0) is 18.6 Å². The Labute approximate surface area is 116 Å². The number of methoxy groups -OCH3 is 1. The topological polar surface area (TPSA) is 53.1 Å². The number of aromatic nitrogens is 2. The Hall–Kier alpha value is -2.11. The summed E-state index contributed by atoms with van der Waals surface area (Å²) in [4.78, 5) is 0. The standard InChI is InChI=1S/C14H17F2N3O/c1-8-5-6-9(14(2,15)16)13(20-4)12(8)10-7-11(17)19(3)18-10/h5-7H,17H2,1-4H3. The van der Waals surface area contributed by atoms with Crippen molar-refractivity contribution in [3.63, 3.8) is 0 Å². The maximum atomic E-state index is 13.7. The minimum absolute atomic E-state index is 0.135. The maximum Gasteiger partial charge on any atom is 0.274 e. The molecule has 108 valence electrons. The van der Waals surface area contributed by atoms with Crippen LogP contribution in [0, 0.1) is 6.92 Å². The smallest absolute Gasteiger partial charge is 0.274 e. The minimum Gasteiger partial charge on any atom is -0.496 e. The third-order valence-electron chi connectivity index (χ3n) is 3.22. The highest BCUT2D eigenvalue weighted by molar-refractivity contribution is 5.74. The largest absolute Gasteiger partial charge is 0.496 e. The number of benzene rings is 1. The lowest BCUT2D eigenvalue weighted by Gasteiger charge is -2.18. The van der Waals surface area contributed by atoms with Crippen LogP contribution in [0.15, 0.2) is 18.2 Å². The van der Waals surface area contributed by atoms with E-state index in [1.807, 2.05) is 6.92 Å².